The summed E-state index contributed by atoms with van der Waals surface area (Å²) in [5.41, 5.74) is 4.10. The molecule has 1 saturated heterocycles. The highest BCUT2D eigenvalue weighted by Gasteiger charge is 2.17. The van der Waals surface area contributed by atoms with Gasteiger partial charge in [0, 0.05) is 19.5 Å². The third kappa shape index (κ3) is 4.56. The van der Waals surface area contributed by atoms with Crippen molar-refractivity contribution < 1.29 is 9.59 Å². The fourth-order valence-corrected chi connectivity index (χ4v) is 2.70. The van der Waals surface area contributed by atoms with Gasteiger partial charge in [0.1, 0.15) is 0 Å². The SMILES string of the molecule is NNC(=O)Cc1ccccc1CN1CCCCCCC1=O. The minimum Gasteiger partial charge on any atom is -0.338 e. The number of amides is 2. The molecule has 1 aromatic rings. The lowest BCUT2D eigenvalue weighted by Gasteiger charge is -2.26. The zero-order valence-electron chi connectivity index (χ0n) is 12.3. The van der Waals surface area contributed by atoms with Gasteiger partial charge in [0.25, 0.3) is 0 Å². The molecule has 1 aromatic carbocycles. The van der Waals surface area contributed by atoms with Crippen molar-refractivity contribution in [1.29, 1.82) is 0 Å². The van der Waals surface area contributed by atoms with Crippen LogP contribution in [-0.2, 0) is 22.6 Å². The van der Waals surface area contributed by atoms with Crippen LogP contribution in [0.15, 0.2) is 24.3 Å². The number of hydrogen-bond donors (Lipinski definition) is 2. The van der Waals surface area contributed by atoms with Crippen molar-refractivity contribution in [2.75, 3.05) is 6.54 Å². The molecule has 0 saturated carbocycles. The number of carbonyl (C=O) groups is 2. The second-order valence-corrected chi connectivity index (χ2v) is 5.49. The summed E-state index contributed by atoms with van der Waals surface area (Å²) in [6, 6.07) is 7.73. The lowest BCUT2D eigenvalue weighted by molar-refractivity contribution is -0.132. The molecule has 1 aliphatic rings. The Hall–Kier alpha value is -1.88. The molecule has 114 valence electrons. The van der Waals surface area contributed by atoms with Crippen molar-refractivity contribution >= 4 is 11.8 Å². The first kappa shape index (κ1) is 15.5. The summed E-state index contributed by atoms with van der Waals surface area (Å²) in [6.07, 6.45) is 5.23. The van der Waals surface area contributed by atoms with Gasteiger partial charge in [-0.05, 0) is 24.0 Å². The fraction of sp³-hybridized carbons (Fsp3) is 0.500. The van der Waals surface area contributed by atoms with Crippen LogP contribution in [0.2, 0.25) is 0 Å². The van der Waals surface area contributed by atoms with Crippen molar-refractivity contribution in [2.45, 2.75) is 45.1 Å². The Morgan fingerprint density at radius 1 is 1.14 bits per heavy atom. The van der Waals surface area contributed by atoms with Crippen molar-refractivity contribution in [2.24, 2.45) is 5.84 Å². The number of likely N-dealkylation sites (tertiary alicyclic amines) is 1. The molecule has 2 amide bonds. The smallest absolute Gasteiger partial charge is 0.238 e. The van der Waals surface area contributed by atoms with Crippen LogP contribution in [0.5, 0.6) is 0 Å². The van der Waals surface area contributed by atoms with E-state index in [1.165, 1.54) is 6.42 Å². The summed E-state index contributed by atoms with van der Waals surface area (Å²) in [4.78, 5) is 25.6. The molecule has 0 atom stereocenters. The summed E-state index contributed by atoms with van der Waals surface area (Å²) in [7, 11) is 0. The topological polar surface area (TPSA) is 75.4 Å². The maximum atomic E-state index is 12.2. The van der Waals surface area contributed by atoms with Gasteiger partial charge in [-0.25, -0.2) is 5.84 Å². The Morgan fingerprint density at radius 2 is 1.86 bits per heavy atom. The second-order valence-electron chi connectivity index (χ2n) is 5.49. The number of benzene rings is 1. The van der Waals surface area contributed by atoms with Crippen LogP contribution in [0.1, 0.15) is 43.2 Å². The summed E-state index contributed by atoms with van der Waals surface area (Å²) < 4.78 is 0. The molecule has 0 radical (unpaired) electrons. The monoisotopic (exact) mass is 289 g/mol. The number of nitrogens with two attached hydrogens (primary N) is 1. The molecule has 5 nitrogen and oxygen atoms in total. The van der Waals surface area contributed by atoms with Crippen LogP contribution in [0.4, 0.5) is 0 Å². The fourth-order valence-electron chi connectivity index (χ4n) is 2.70. The van der Waals surface area contributed by atoms with E-state index in [9.17, 15) is 9.59 Å². The van der Waals surface area contributed by atoms with Crippen LogP contribution in [0.3, 0.4) is 0 Å². The maximum absolute atomic E-state index is 12.2. The van der Waals surface area contributed by atoms with Crippen LogP contribution < -0.4 is 11.3 Å². The molecule has 1 aliphatic heterocycles. The predicted molar refractivity (Wildman–Crippen MR) is 81.0 cm³/mol. The first-order valence-corrected chi connectivity index (χ1v) is 7.54. The second kappa shape index (κ2) is 7.78. The number of nitrogens with zero attached hydrogens (tertiary/aromatic N) is 1. The Kier molecular flexibility index (Phi) is 5.75. The van der Waals surface area contributed by atoms with E-state index >= 15 is 0 Å². The highest BCUT2D eigenvalue weighted by Crippen LogP contribution is 2.17. The van der Waals surface area contributed by atoms with E-state index in [1.807, 2.05) is 29.2 Å². The Labute approximate surface area is 125 Å². The minimum atomic E-state index is -0.221. The van der Waals surface area contributed by atoms with Gasteiger partial charge in [-0.1, -0.05) is 37.1 Å². The lowest BCUT2D eigenvalue weighted by atomic mass is 10.0. The normalized spacial score (nSPS) is 16.2. The summed E-state index contributed by atoms with van der Waals surface area (Å²) in [5, 5.41) is 0. The number of hydrazine groups is 1. The van der Waals surface area contributed by atoms with E-state index in [0.29, 0.717) is 13.0 Å². The van der Waals surface area contributed by atoms with Crippen LogP contribution in [-0.4, -0.2) is 23.3 Å². The standard InChI is InChI=1S/C16H23N3O2/c17-18-15(20)11-13-7-4-5-8-14(13)12-19-10-6-2-1-3-9-16(19)21/h4-5,7-8H,1-3,6,9-12,17H2,(H,18,20). The van der Waals surface area contributed by atoms with Crippen LogP contribution >= 0.6 is 0 Å². The number of nitrogens with one attached hydrogen (secondary N) is 1. The maximum Gasteiger partial charge on any atom is 0.238 e. The molecule has 0 spiro atoms. The van der Waals surface area contributed by atoms with Crippen molar-refractivity contribution in [3.05, 3.63) is 35.4 Å². The zero-order chi connectivity index (χ0) is 15.1. The van der Waals surface area contributed by atoms with Gasteiger partial charge in [0.2, 0.25) is 11.8 Å². The predicted octanol–water partition coefficient (Wildman–Crippen LogP) is 1.51. The molecule has 0 aromatic heterocycles. The van der Waals surface area contributed by atoms with E-state index in [1.54, 1.807) is 0 Å². The summed E-state index contributed by atoms with van der Waals surface area (Å²) in [6.45, 7) is 1.38. The van der Waals surface area contributed by atoms with E-state index < -0.39 is 0 Å². The average molecular weight is 289 g/mol. The molecule has 21 heavy (non-hydrogen) atoms. The number of hydrogen-bond acceptors (Lipinski definition) is 3. The van der Waals surface area contributed by atoms with Crippen LogP contribution in [0, 0.1) is 0 Å². The minimum absolute atomic E-state index is 0.216. The Morgan fingerprint density at radius 3 is 2.62 bits per heavy atom. The zero-order valence-corrected chi connectivity index (χ0v) is 12.3. The largest absolute Gasteiger partial charge is 0.338 e. The number of rotatable bonds is 4. The van der Waals surface area contributed by atoms with Gasteiger partial charge < -0.3 is 4.90 Å². The van der Waals surface area contributed by atoms with E-state index in [-0.39, 0.29) is 18.2 Å². The van der Waals surface area contributed by atoms with Gasteiger partial charge >= 0.3 is 0 Å². The van der Waals surface area contributed by atoms with Gasteiger partial charge in [-0.2, -0.15) is 0 Å². The molecule has 5 heteroatoms. The third-order valence-corrected chi connectivity index (χ3v) is 3.91. The molecule has 1 fully saturated rings. The molecule has 0 aliphatic carbocycles. The molecule has 0 bridgehead atoms. The quantitative estimate of drug-likeness (QED) is 0.501. The molecule has 3 N–H and O–H groups in total. The van der Waals surface area contributed by atoms with Crippen LogP contribution in [0.25, 0.3) is 0 Å². The summed E-state index contributed by atoms with van der Waals surface area (Å²) >= 11 is 0. The third-order valence-electron chi connectivity index (χ3n) is 3.91. The Balaban J connectivity index is 2.10. The van der Waals surface area contributed by atoms with E-state index in [2.05, 4.69) is 5.43 Å². The number of carbonyl (C=O) groups excluding carboxylic acids is 2. The van der Waals surface area contributed by atoms with E-state index in [4.69, 9.17) is 5.84 Å². The summed E-state index contributed by atoms with van der Waals surface area (Å²) in [5.74, 6) is 5.14. The highest BCUT2D eigenvalue weighted by atomic mass is 16.2. The molecule has 2 rings (SSSR count). The molecule has 0 unspecified atom stereocenters. The van der Waals surface area contributed by atoms with Crippen molar-refractivity contribution in [3.8, 4) is 0 Å². The molecular formula is C16H23N3O2. The highest BCUT2D eigenvalue weighted by molar-refractivity contribution is 5.78. The first-order chi connectivity index (χ1) is 10.2. The van der Waals surface area contributed by atoms with Crippen molar-refractivity contribution in [3.63, 3.8) is 0 Å². The van der Waals surface area contributed by atoms with Crippen molar-refractivity contribution in [1.82, 2.24) is 10.3 Å². The van der Waals surface area contributed by atoms with Gasteiger partial charge in [-0.15, -0.1) is 0 Å². The Bertz CT molecular complexity index is 502. The van der Waals surface area contributed by atoms with Gasteiger partial charge in [0.15, 0.2) is 0 Å². The molecular weight excluding hydrogens is 266 g/mol. The first-order valence-electron chi connectivity index (χ1n) is 7.54. The van der Waals surface area contributed by atoms with E-state index in [0.717, 1.165) is 36.9 Å². The molecule has 1 heterocycles. The lowest BCUT2D eigenvalue weighted by Crippen LogP contribution is -2.34. The van der Waals surface area contributed by atoms with Gasteiger partial charge in [0.05, 0.1) is 6.42 Å². The average Bonchev–Trinajstić information content (AvgIpc) is 2.48. The van der Waals surface area contributed by atoms with Gasteiger partial charge in [-0.3, -0.25) is 15.0 Å².